The zero-order chi connectivity index (χ0) is 10.9. The van der Waals surface area contributed by atoms with E-state index < -0.39 is 8.07 Å². The van der Waals surface area contributed by atoms with Crippen molar-refractivity contribution >= 4 is 29.2 Å². The molecule has 0 N–H and O–H groups in total. The summed E-state index contributed by atoms with van der Waals surface area (Å²) in [5.74, 6) is 0.0889. The van der Waals surface area contributed by atoms with Crippen LogP contribution >= 0.6 is 15.9 Å². The highest BCUT2D eigenvalue weighted by Crippen LogP contribution is 2.27. The van der Waals surface area contributed by atoms with Crippen molar-refractivity contribution in [1.82, 2.24) is 0 Å². The molecule has 0 fully saturated rings. The van der Waals surface area contributed by atoms with Crippen molar-refractivity contribution in [1.29, 1.82) is 0 Å². The van der Waals surface area contributed by atoms with Crippen LogP contribution in [-0.2, 0) is 0 Å². The lowest BCUT2D eigenvalue weighted by molar-refractivity contribution is 0.385. The van der Waals surface area contributed by atoms with E-state index >= 15 is 0 Å². The lowest BCUT2D eigenvalue weighted by Gasteiger charge is -2.19. The second kappa shape index (κ2) is 4.02. The molecule has 0 spiro atoms. The van der Waals surface area contributed by atoms with Gasteiger partial charge in [0, 0.05) is 0 Å². The summed E-state index contributed by atoms with van der Waals surface area (Å²) in [5.41, 5.74) is 0. The summed E-state index contributed by atoms with van der Waals surface area (Å²) < 4.78 is 19.6. The topological polar surface area (TPSA) is 9.23 Å². The third kappa shape index (κ3) is 2.17. The van der Waals surface area contributed by atoms with Gasteiger partial charge in [0.05, 0.1) is 19.7 Å². The number of rotatable bonds is 2. The van der Waals surface area contributed by atoms with Crippen LogP contribution in [0.5, 0.6) is 5.75 Å². The molecule has 0 unspecified atom stereocenters. The van der Waals surface area contributed by atoms with Crippen molar-refractivity contribution in [2.45, 2.75) is 19.6 Å². The molecular formula is C10H14BrFOSi. The van der Waals surface area contributed by atoms with E-state index in [9.17, 15) is 4.39 Å². The summed E-state index contributed by atoms with van der Waals surface area (Å²) >= 11 is 3.26. The molecule has 0 aliphatic carbocycles. The molecule has 0 amide bonds. The van der Waals surface area contributed by atoms with Crippen LogP contribution in [0.15, 0.2) is 16.6 Å². The Balaban J connectivity index is 3.36. The van der Waals surface area contributed by atoms with Crippen LogP contribution in [0.3, 0.4) is 0 Å². The maximum absolute atomic E-state index is 13.9. The van der Waals surface area contributed by atoms with E-state index in [1.807, 2.05) is 12.1 Å². The Bertz CT molecular complexity index is 347. The zero-order valence-corrected chi connectivity index (χ0v) is 11.4. The summed E-state index contributed by atoms with van der Waals surface area (Å²) in [6.07, 6.45) is 0. The minimum absolute atomic E-state index is 0.221. The van der Waals surface area contributed by atoms with Gasteiger partial charge in [-0.25, -0.2) is 4.39 Å². The van der Waals surface area contributed by atoms with Gasteiger partial charge in [0.15, 0.2) is 11.6 Å². The third-order valence-corrected chi connectivity index (χ3v) is 4.69. The fourth-order valence-electron chi connectivity index (χ4n) is 1.30. The average molecular weight is 277 g/mol. The normalized spacial score (nSPS) is 11.6. The van der Waals surface area contributed by atoms with Crippen LogP contribution in [0, 0.1) is 5.82 Å². The van der Waals surface area contributed by atoms with Gasteiger partial charge in [-0.15, -0.1) is 0 Å². The average Bonchev–Trinajstić information content (AvgIpc) is 2.02. The van der Waals surface area contributed by atoms with Crippen molar-refractivity contribution in [3.8, 4) is 5.75 Å². The standard InChI is InChI=1S/C10H14BrFOSi/c1-13-10-7(11)5-6-8(9(10)12)14(2,3)4/h5-6H,1-4H3. The van der Waals surface area contributed by atoms with Crippen LogP contribution < -0.4 is 9.92 Å². The molecule has 1 rings (SSSR count). The number of hydrogen-bond acceptors (Lipinski definition) is 1. The molecule has 14 heavy (non-hydrogen) atoms. The van der Waals surface area contributed by atoms with Crippen molar-refractivity contribution < 1.29 is 9.13 Å². The third-order valence-electron chi connectivity index (χ3n) is 2.06. The molecule has 1 nitrogen and oxygen atoms in total. The van der Waals surface area contributed by atoms with Gasteiger partial charge in [-0.2, -0.15) is 0 Å². The molecule has 0 aliphatic rings. The lowest BCUT2D eigenvalue weighted by atomic mass is 10.3. The zero-order valence-electron chi connectivity index (χ0n) is 8.82. The van der Waals surface area contributed by atoms with E-state index in [0.717, 1.165) is 5.19 Å². The predicted molar refractivity (Wildman–Crippen MR) is 63.6 cm³/mol. The number of methoxy groups -OCH3 is 1. The second-order valence-corrected chi connectivity index (χ2v) is 10.1. The van der Waals surface area contributed by atoms with E-state index in [-0.39, 0.29) is 5.82 Å². The summed E-state index contributed by atoms with van der Waals surface area (Å²) in [4.78, 5) is 0. The monoisotopic (exact) mass is 276 g/mol. The van der Waals surface area contributed by atoms with Gasteiger partial charge in [0.2, 0.25) is 0 Å². The molecule has 0 atom stereocenters. The molecule has 1 aromatic carbocycles. The Labute approximate surface area is 93.4 Å². The number of hydrogen-bond donors (Lipinski definition) is 0. The molecule has 0 aliphatic heterocycles. The van der Waals surface area contributed by atoms with Gasteiger partial charge < -0.3 is 4.74 Å². The Kier molecular flexibility index (Phi) is 3.37. The molecule has 0 bridgehead atoms. The van der Waals surface area contributed by atoms with E-state index in [1.54, 1.807) is 0 Å². The quantitative estimate of drug-likeness (QED) is 0.755. The van der Waals surface area contributed by atoms with Crippen LogP contribution in [0.4, 0.5) is 4.39 Å². The first-order valence-electron chi connectivity index (χ1n) is 4.40. The maximum atomic E-state index is 13.9. The Morgan fingerprint density at radius 3 is 2.29 bits per heavy atom. The molecule has 1 aromatic rings. The van der Waals surface area contributed by atoms with Gasteiger partial charge in [0.25, 0.3) is 0 Å². The van der Waals surface area contributed by atoms with Crippen LogP contribution in [0.25, 0.3) is 0 Å². The van der Waals surface area contributed by atoms with E-state index in [2.05, 4.69) is 35.6 Å². The number of benzene rings is 1. The Hall–Kier alpha value is -0.353. The van der Waals surface area contributed by atoms with Gasteiger partial charge >= 0.3 is 0 Å². The molecule has 4 heteroatoms. The first-order valence-corrected chi connectivity index (χ1v) is 8.69. The Morgan fingerprint density at radius 2 is 1.86 bits per heavy atom. The summed E-state index contributed by atoms with van der Waals surface area (Å²) in [5, 5.41) is 0.803. The molecule has 0 saturated heterocycles. The van der Waals surface area contributed by atoms with Crippen molar-refractivity contribution in [2.24, 2.45) is 0 Å². The molecule has 0 aromatic heterocycles. The van der Waals surface area contributed by atoms with Gasteiger partial charge in [-0.1, -0.05) is 25.7 Å². The molecule has 0 radical (unpaired) electrons. The molecule has 0 heterocycles. The molecule has 78 valence electrons. The highest BCUT2D eigenvalue weighted by molar-refractivity contribution is 9.10. The number of halogens is 2. The highest BCUT2D eigenvalue weighted by atomic mass is 79.9. The smallest absolute Gasteiger partial charge is 0.168 e. The van der Waals surface area contributed by atoms with Crippen molar-refractivity contribution in [3.05, 3.63) is 22.4 Å². The van der Waals surface area contributed by atoms with Crippen LogP contribution in [-0.4, -0.2) is 15.2 Å². The fourth-order valence-corrected chi connectivity index (χ4v) is 3.12. The second-order valence-electron chi connectivity index (χ2n) is 4.19. The highest BCUT2D eigenvalue weighted by Gasteiger charge is 2.24. The maximum Gasteiger partial charge on any atom is 0.168 e. The summed E-state index contributed by atoms with van der Waals surface area (Å²) in [6.45, 7) is 6.33. The Morgan fingerprint density at radius 1 is 1.29 bits per heavy atom. The van der Waals surface area contributed by atoms with Gasteiger partial charge in [-0.3, -0.25) is 0 Å². The molecular weight excluding hydrogens is 263 g/mol. The molecule has 0 saturated carbocycles. The van der Waals surface area contributed by atoms with Crippen LogP contribution in [0.1, 0.15) is 0 Å². The summed E-state index contributed by atoms with van der Waals surface area (Å²) in [7, 11) is -0.141. The summed E-state index contributed by atoms with van der Waals surface area (Å²) in [6, 6.07) is 3.68. The van der Waals surface area contributed by atoms with Crippen LogP contribution in [0.2, 0.25) is 19.6 Å². The largest absolute Gasteiger partial charge is 0.492 e. The first-order chi connectivity index (χ1) is 6.38. The van der Waals surface area contributed by atoms with Crippen molar-refractivity contribution in [2.75, 3.05) is 7.11 Å². The fraction of sp³-hybridized carbons (Fsp3) is 0.400. The van der Waals surface area contributed by atoms with E-state index in [1.165, 1.54) is 7.11 Å². The van der Waals surface area contributed by atoms with Gasteiger partial charge in [0.1, 0.15) is 0 Å². The predicted octanol–water partition coefficient (Wildman–Crippen LogP) is 3.14. The first kappa shape index (κ1) is 11.7. The SMILES string of the molecule is COc1c(Br)ccc([Si](C)(C)C)c1F. The number of ether oxygens (including phenoxy) is 1. The van der Waals surface area contributed by atoms with Gasteiger partial charge in [-0.05, 0) is 27.2 Å². The minimum atomic E-state index is -1.62. The van der Waals surface area contributed by atoms with Crippen molar-refractivity contribution in [3.63, 3.8) is 0 Å². The van der Waals surface area contributed by atoms with E-state index in [0.29, 0.717) is 10.2 Å². The lowest BCUT2D eigenvalue weighted by Crippen LogP contribution is -2.40. The van der Waals surface area contributed by atoms with E-state index in [4.69, 9.17) is 4.74 Å². The minimum Gasteiger partial charge on any atom is -0.492 e.